The molecule has 1 aromatic rings. The lowest BCUT2D eigenvalue weighted by molar-refractivity contribution is 0.0636. The van der Waals surface area contributed by atoms with Crippen molar-refractivity contribution >= 4 is 23.2 Å². The molecule has 0 aliphatic heterocycles. The van der Waals surface area contributed by atoms with Crippen LogP contribution in [0.15, 0.2) is 18.2 Å². The molecule has 1 amide bonds. The van der Waals surface area contributed by atoms with E-state index in [0.29, 0.717) is 29.4 Å². The Morgan fingerprint density at radius 2 is 2.17 bits per heavy atom. The normalized spacial score (nSPS) is 10.7. The summed E-state index contributed by atoms with van der Waals surface area (Å²) in [7, 11) is 1.61. The zero-order chi connectivity index (χ0) is 13.7. The smallest absolute Gasteiger partial charge is 0.256 e. The van der Waals surface area contributed by atoms with E-state index in [1.807, 2.05) is 13.8 Å². The minimum atomic E-state index is -0.123. The van der Waals surface area contributed by atoms with Crippen molar-refractivity contribution in [2.24, 2.45) is 0 Å². The van der Waals surface area contributed by atoms with Crippen molar-refractivity contribution in [1.29, 1.82) is 0 Å². The first-order valence-electron chi connectivity index (χ1n) is 5.82. The van der Waals surface area contributed by atoms with Crippen LogP contribution in [0.25, 0.3) is 0 Å². The molecule has 2 N–H and O–H groups in total. The summed E-state index contributed by atoms with van der Waals surface area (Å²) < 4.78 is 5.01. The van der Waals surface area contributed by atoms with E-state index < -0.39 is 0 Å². The molecule has 0 aromatic heterocycles. The van der Waals surface area contributed by atoms with Crippen LogP contribution in [-0.2, 0) is 4.74 Å². The molecule has 5 heteroatoms. The average molecular weight is 271 g/mol. The summed E-state index contributed by atoms with van der Waals surface area (Å²) in [5.41, 5.74) is 6.69. The number of carbonyl (C=O) groups is 1. The third-order valence-electron chi connectivity index (χ3n) is 2.67. The van der Waals surface area contributed by atoms with Gasteiger partial charge in [0.25, 0.3) is 5.91 Å². The van der Waals surface area contributed by atoms with Crippen LogP contribution in [0.1, 0.15) is 24.2 Å². The summed E-state index contributed by atoms with van der Waals surface area (Å²) in [4.78, 5) is 14.1. The first-order chi connectivity index (χ1) is 8.47. The number of halogens is 1. The maximum Gasteiger partial charge on any atom is 0.256 e. The molecule has 0 atom stereocenters. The summed E-state index contributed by atoms with van der Waals surface area (Å²) >= 11 is 5.90. The predicted molar refractivity (Wildman–Crippen MR) is 73.9 cm³/mol. The molecule has 1 aromatic carbocycles. The number of hydrogen-bond acceptors (Lipinski definition) is 3. The van der Waals surface area contributed by atoms with Crippen molar-refractivity contribution in [1.82, 2.24) is 4.90 Å². The Hall–Kier alpha value is -1.26. The van der Waals surface area contributed by atoms with Crippen LogP contribution in [0.3, 0.4) is 0 Å². The largest absolute Gasteiger partial charge is 0.398 e. The fourth-order valence-corrected chi connectivity index (χ4v) is 1.82. The number of ether oxygens (including phenoxy) is 1. The average Bonchev–Trinajstić information content (AvgIpc) is 2.32. The van der Waals surface area contributed by atoms with E-state index in [2.05, 4.69) is 0 Å². The fourth-order valence-electron chi connectivity index (χ4n) is 1.65. The van der Waals surface area contributed by atoms with Gasteiger partial charge in [0.05, 0.1) is 12.2 Å². The number of carbonyl (C=O) groups excluding carboxylic acids is 1. The summed E-state index contributed by atoms with van der Waals surface area (Å²) in [6.07, 6.45) is 0. The minimum absolute atomic E-state index is 0.0750. The maximum atomic E-state index is 12.4. The Labute approximate surface area is 113 Å². The first kappa shape index (κ1) is 14.8. The van der Waals surface area contributed by atoms with Crippen molar-refractivity contribution in [3.05, 3.63) is 28.8 Å². The summed E-state index contributed by atoms with van der Waals surface area (Å²) in [5, 5.41) is 0.503. The molecule has 0 saturated carbocycles. The Bertz CT molecular complexity index is 421. The quantitative estimate of drug-likeness (QED) is 0.836. The molecule has 0 aliphatic rings. The van der Waals surface area contributed by atoms with E-state index in [4.69, 9.17) is 22.1 Å². The van der Waals surface area contributed by atoms with Crippen molar-refractivity contribution in [3.63, 3.8) is 0 Å². The number of nitrogen functional groups attached to an aromatic ring is 1. The molecule has 18 heavy (non-hydrogen) atoms. The van der Waals surface area contributed by atoms with E-state index in [0.717, 1.165) is 0 Å². The van der Waals surface area contributed by atoms with Crippen LogP contribution in [0.2, 0.25) is 5.02 Å². The van der Waals surface area contributed by atoms with E-state index in [-0.39, 0.29) is 11.9 Å². The highest BCUT2D eigenvalue weighted by atomic mass is 35.5. The second-order valence-corrected chi connectivity index (χ2v) is 4.75. The van der Waals surface area contributed by atoms with Gasteiger partial charge in [-0.1, -0.05) is 11.6 Å². The molecule has 0 radical (unpaired) electrons. The van der Waals surface area contributed by atoms with Crippen LogP contribution >= 0.6 is 11.6 Å². The number of anilines is 1. The van der Waals surface area contributed by atoms with Gasteiger partial charge in [-0.05, 0) is 32.0 Å². The second-order valence-electron chi connectivity index (χ2n) is 4.32. The van der Waals surface area contributed by atoms with E-state index in [1.165, 1.54) is 0 Å². The number of nitrogens with two attached hydrogens (primary N) is 1. The van der Waals surface area contributed by atoms with Gasteiger partial charge in [-0.3, -0.25) is 4.79 Å². The molecule has 0 bridgehead atoms. The van der Waals surface area contributed by atoms with Gasteiger partial charge in [0.1, 0.15) is 0 Å². The lowest BCUT2D eigenvalue weighted by Gasteiger charge is -2.27. The van der Waals surface area contributed by atoms with Gasteiger partial charge >= 0.3 is 0 Å². The lowest BCUT2D eigenvalue weighted by Crippen LogP contribution is -2.39. The third kappa shape index (κ3) is 3.62. The number of nitrogens with zero attached hydrogens (tertiary/aromatic N) is 1. The van der Waals surface area contributed by atoms with Gasteiger partial charge in [0, 0.05) is 30.4 Å². The molecule has 100 valence electrons. The van der Waals surface area contributed by atoms with E-state index >= 15 is 0 Å². The molecule has 0 aliphatic carbocycles. The Balaban J connectivity index is 2.98. The van der Waals surface area contributed by atoms with Crippen LogP contribution in [0.4, 0.5) is 5.69 Å². The van der Waals surface area contributed by atoms with Crippen molar-refractivity contribution < 1.29 is 9.53 Å². The minimum Gasteiger partial charge on any atom is -0.398 e. The van der Waals surface area contributed by atoms with Crippen molar-refractivity contribution in [3.8, 4) is 0 Å². The standard InChI is InChI=1S/C13H19ClN2O2/c1-9(2)16(6-7-18-3)13(17)11-8-10(14)4-5-12(11)15/h4-5,8-9H,6-7,15H2,1-3H3. The zero-order valence-electron chi connectivity index (χ0n) is 10.9. The SMILES string of the molecule is COCCN(C(=O)c1cc(Cl)ccc1N)C(C)C. The first-order valence-corrected chi connectivity index (χ1v) is 6.20. The van der Waals surface area contributed by atoms with Crippen LogP contribution in [0, 0.1) is 0 Å². The van der Waals surface area contributed by atoms with Crippen LogP contribution in [-0.4, -0.2) is 37.1 Å². The summed E-state index contributed by atoms with van der Waals surface area (Å²) in [6, 6.07) is 4.99. The lowest BCUT2D eigenvalue weighted by atomic mass is 10.1. The second kappa shape index (κ2) is 6.61. The molecule has 4 nitrogen and oxygen atoms in total. The topological polar surface area (TPSA) is 55.6 Å². The van der Waals surface area contributed by atoms with E-state index in [9.17, 15) is 4.79 Å². The predicted octanol–water partition coefficient (Wildman–Crippen LogP) is 2.42. The van der Waals surface area contributed by atoms with Gasteiger partial charge in [0.2, 0.25) is 0 Å². The molecule has 1 rings (SSSR count). The Morgan fingerprint density at radius 1 is 1.50 bits per heavy atom. The number of hydrogen-bond donors (Lipinski definition) is 1. The van der Waals surface area contributed by atoms with Gasteiger partial charge in [-0.25, -0.2) is 0 Å². The monoisotopic (exact) mass is 270 g/mol. The summed E-state index contributed by atoms with van der Waals surface area (Å²) in [6.45, 7) is 4.92. The van der Waals surface area contributed by atoms with Gasteiger partial charge < -0.3 is 15.4 Å². The highest BCUT2D eigenvalue weighted by Gasteiger charge is 2.20. The maximum absolute atomic E-state index is 12.4. The molecular weight excluding hydrogens is 252 g/mol. The molecule has 0 unspecified atom stereocenters. The Morgan fingerprint density at radius 3 is 2.72 bits per heavy atom. The molecule has 0 spiro atoms. The van der Waals surface area contributed by atoms with Gasteiger partial charge in [-0.15, -0.1) is 0 Å². The molecular formula is C13H19ClN2O2. The van der Waals surface area contributed by atoms with E-state index in [1.54, 1.807) is 30.2 Å². The number of methoxy groups -OCH3 is 1. The third-order valence-corrected chi connectivity index (χ3v) is 2.90. The molecule has 0 heterocycles. The zero-order valence-corrected chi connectivity index (χ0v) is 11.7. The van der Waals surface area contributed by atoms with Crippen LogP contribution < -0.4 is 5.73 Å². The van der Waals surface area contributed by atoms with Gasteiger partial charge in [-0.2, -0.15) is 0 Å². The Kier molecular flexibility index (Phi) is 5.44. The summed E-state index contributed by atoms with van der Waals surface area (Å²) in [5.74, 6) is -0.123. The number of benzene rings is 1. The molecule has 0 fully saturated rings. The highest BCUT2D eigenvalue weighted by Crippen LogP contribution is 2.20. The van der Waals surface area contributed by atoms with Crippen molar-refractivity contribution in [2.45, 2.75) is 19.9 Å². The van der Waals surface area contributed by atoms with Crippen molar-refractivity contribution in [2.75, 3.05) is 26.0 Å². The highest BCUT2D eigenvalue weighted by molar-refractivity contribution is 6.31. The molecule has 0 saturated heterocycles. The number of amides is 1. The van der Waals surface area contributed by atoms with Gasteiger partial charge in [0.15, 0.2) is 0 Å². The number of rotatable bonds is 5. The fraction of sp³-hybridized carbons (Fsp3) is 0.462. The van der Waals surface area contributed by atoms with Crippen LogP contribution in [0.5, 0.6) is 0 Å².